The quantitative estimate of drug-likeness (QED) is 0.744. The van der Waals surface area contributed by atoms with Crippen molar-refractivity contribution in [2.24, 2.45) is 5.73 Å². The molecule has 2 nitrogen and oxygen atoms in total. The minimum Gasteiger partial charge on any atom is -0.370 e. The Kier molecular flexibility index (Phi) is 3.58. The first-order chi connectivity index (χ1) is 5.86. The third-order valence-corrected chi connectivity index (χ3v) is 2.35. The normalized spacial score (nSPS) is 21.3. The maximum Gasteiger partial charge on any atom is 0.0366 e. The molecule has 0 radical (unpaired) electrons. The molecule has 2 rings (SSSR count). The first-order valence-corrected chi connectivity index (χ1v) is 4.42. The van der Waals surface area contributed by atoms with Gasteiger partial charge < -0.3 is 10.6 Å². The van der Waals surface area contributed by atoms with Crippen LogP contribution < -0.4 is 10.6 Å². The molecule has 1 aromatic rings. The molecule has 0 unspecified atom stereocenters. The molecule has 1 aliphatic heterocycles. The molecule has 0 amide bonds. The highest BCUT2D eigenvalue weighted by Crippen LogP contribution is 2.18. The van der Waals surface area contributed by atoms with Gasteiger partial charge in [-0.15, -0.1) is 12.4 Å². The van der Waals surface area contributed by atoms with E-state index >= 15 is 0 Å². The molecular weight excluding hydrogens is 184 g/mol. The Bertz CT molecular complexity index is 250. The molecule has 2 N–H and O–H groups in total. The molecule has 1 heterocycles. The Hall–Kier alpha value is -0.730. The summed E-state index contributed by atoms with van der Waals surface area (Å²) in [7, 11) is 0. The SMILES string of the molecule is Cl.N[C@H]1CCN(c2ccccc2)C1. The summed E-state index contributed by atoms with van der Waals surface area (Å²) in [5.41, 5.74) is 7.12. The first-order valence-electron chi connectivity index (χ1n) is 4.42. The lowest BCUT2D eigenvalue weighted by molar-refractivity contribution is 0.752. The summed E-state index contributed by atoms with van der Waals surface area (Å²) in [6, 6.07) is 10.8. The van der Waals surface area contributed by atoms with Crippen molar-refractivity contribution in [1.29, 1.82) is 0 Å². The standard InChI is InChI=1S/C10H14N2.ClH/c11-9-6-7-12(8-9)10-4-2-1-3-5-10;/h1-5,9H,6-8,11H2;1H/t9-;/m0./s1. The number of hydrogen-bond acceptors (Lipinski definition) is 2. The summed E-state index contributed by atoms with van der Waals surface area (Å²) in [6.45, 7) is 2.11. The van der Waals surface area contributed by atoms with Crippen molar-refractivity contribution in [3.8, 4) is 0 Å². The second-order valence-corrected chi connectivity index (χ2v) is 3.33. The van der Waals surface area contributed by atoms with Gasteiger partial charge in [0.2, 0.25) is 0 Å². The number of rotatable bonds is 1. The van der Waals surface area contributed by atoms with E-state index in [0.29, 0.717) is 6.04 Å². The highest BCUT2D eigenvalue weighted by atomic mass is 35.5. The van der Waals surface area contributed by atoms with Gasteiger partial charge in [-0.2, -0.15) is 0 Å². The fourth-order valence-electron chi connectivity index (χ4n) is 1.66. The molecule has 1 aromatic carbocycles. The van der Waals surface area contributed by atoms with Gasteiger partial charge in [-0.25, -0.2) is 0 Å². The van der Waals surface area contributed by atoms with Crippen LogP contribution in [0, 0.1) is 0 Å². The van der Waals surface area contributed by atoms with E-state index in [1.165, 1.54) is 5.69 Å². The van der Waals surface area contributed by atoms with Crippen LogP contribution in [-0.4, -0.2) is 19.1 Å². The van der Waals surface area contributed by atoms with Gasteiger partial charge in [0.25, 0.3) is 0 Å². The van der Waals surface area contributed by atoms with Crippen LogP contribution in [-0.2, 0) is 0 Å². The Labute approximate surface area is 85.1 Å². The second-order valence-electron chi connectivity index (χ2n) is 3.33. The van der Waals surface area contributed by atoms with Crippen molar-refractivity contribution in [3.05, 3.63) is 30.3 Å². The largest absolute Gasteiger partial charge is 0.370 e. The van der Waals surface area contributed by atoms with Crippen LogP contribution >= 0.6 is 12.4 Å². The predicted octanol–water partition coefficient (Wildman–Crippen LogP) is 1.65. The fourth-order valence-corrected chi connectivity index (χ4v) is 1.66. The maximum absolute atomic E-state index is 5.82. The summed E-state index contributed by atoms with van der Waals surface area (Å²) < 4.78 is 0. The van der Waals surface area contributed by atoms with Crippen LogP contribution in [0.5, 0.6) is 0 Å². The molecule has 0 saturated carbocycles. The van der Waals surface area contributed by atoms with Crippen LogP contribution in [0.25, 0.3) is 0 Å². The average Bonchev–Trinajstić information content (AvgIpc) is 2.54. The number of halogens is 1. The highest BCUT2D eigenvalue weighted by molar-refractivity contribution is 5.85. The number of nitrogens with zero attached hydrogens (tertiary/aromatic N) is 1. The molecular formula is C10H15ClN2. The Morgan fingerprint density at radius 1 is 1.23 bits per heavy atom. The molecule has 1 fully saturated rings. The van der Waals surface area contributed by atoms with Gasteiger partial charge in [-0.05, 0) is 18.6 Å². The van der Waals surface area contributed by atoms with E-state index in [1.807, 2.05) is 6.07 Å². The van der Waals surface area contributed by atoms with Crippen molar-refractivity contribution in [3.63, 3.8) is 0 Å². The molecule has 13 heavy (non-hydrogen) atoms. The molecule has 3 heteroatoms. The lowest BCUT2D eigenvalue weighted by Gasteiger charge is -2.17. The monoisotopic (exact) mass is 198 g/mol. The van der Waals surface area contributed by atoms with Crippen molar-refractivity contribution in [2.45, 2.75) is 12.5 Å². The average molecular weight is 199 g/mol. The molecule has 1 atom stereocenters. The first kappa shape index (κ1) is 10.4. The van der Waals surface area contributed by atoms with E-state index in [4.69, 9.17) is 5.73 Å². The van der Waals surface area contributed by atoms with Crippen LogP contribution in [0.15, 0.2) is 30.3 Å². The minimum atomic E-state index is 0. The number of benzene rings is 1. The van der Waals surface area contributed by atoms with Crippen molar-refractivity contribution >= 4 is 18.1 Å². The topological polar surface area (TPSA) is 29.3 Å². The molecule has 1 aliphatic rings. The second kappa shape index (κ2) is 4.49. The van der Waals surface area contributed by atoms with Gasteiger partial charge in [0.15, 0.2) is 0 Å². The van der Waals surface area contributed by atoms with E-state index in [1.54, 1.807) is 0 Å². The zero-order valence-electron chi connectivity index (χ0n) is 7.52. The fraction of sp³-hybridized carbons (Fsp3) is 0.400. The van der Waals surface area contributed by atoms with Crippen LogP contribution in [0.1, 0.15) is 6.42 Å². The summed E-state index contributed by atoms with van der Waals surface area (Å²) in [4.78, 5) is 2.34. The van der Waals surface area contributed by atoms with E-state index < -0.39 is 0 Å². The zero-order valence-corrected chi connectivity index (χ0v) is 8.33. The summed E-state index contributed by atoms with van der Waals surface area (Å²) >= 11 is 0. The number of nitrogens with two attached hydrogens (primary N) is 1. The minimum absolute atomic E-state index is 0. The van der Waals surface area contributed by atoms with Gasteiger partial charge >= 0.3 is 0 Å². The predicted molar refractivity (Wildman–Crippen MR) is 58.5 cm³/mol. The molecule has 72 valence electrons. The number of para-hydroxylation sites is 1. The number of hydrogen-bond donors (Lipinski definition) is 1. The van der Waals surface area contributed by atoms with Crippen LogP contribution in [0.3, 0.4) is 0 Å². The zero-order chi connectivity index (χ0) is 8.39. The molecule has 0 aliphatic carbocycles. The van der Waals surface area contributed by atoms with E-state index in [-0.39, 0.29) is 12.4 Å². The van der Waals surface area contributed by atoms with Crippen LogP contribution in [0.4, 0.5) is 5.69 Å². The third-order valence-electron chi connectivity index (χ3n) is 2.35. The van der Waals surface area contributed by atoms with Crippen molar-refractivity contribution in [1.82, 2.24) is 0 Å². The van der Waals surface area contributed by atoms with Gasteiger partial charge in [0, 0.05) is 24.8 Å². The van der Waals surface area contributed by atoms with Gasteiger partial charge in [-0.3, -0.25) is 0 Å². The third kappa shape index (κ3) is 2.36. The highest BCUT2D eigenvalue weighted by Gasteiger charge is 2.18. The molecule has 0 bridgehead atoms. The maximum atomic E-state index is 5.82. The number of anilines is 1. The van der Waals surface area contributed by atoms with E-state index in [9.17, 15) is 0 Å². The lowest BCUT2D eigenvalue weighted by atomic mass is 10.3. The Morgan fingerprint density at radius 2 is 1.92 bits per heavy atom. The van der Waals surface area contributed by atoms with Gasteiger partial charge in [0.1, 0.15) is 0 Å². The van der Waals surface area contributed by atoms with E-state index in [0.717, 1.165) is 19.5 Å². The van der Waals surface area contributed by atoms with Gasteiger partial charge in [-0.1, -0.05) is 18.2 Å². The Balaban J connectivity index is 0.000000845. The van der Waals surface area contributed by atoms with Crippen molar-refractivity contribution < 1.29 is 0 Å². The lowest BCUT2D eigenvalue weighted by Crippen LogP contribution is -2.26. The van der Waals surface area contributed by atoms with Crippen LogP contribution in [0.2, 0.25) is 0 Å². The smallest absolute Gasteiger partial charge is 0.0366 e. The summed E-state index contributed by atoms with van der Waals surface area (Å²) in [5, 5.41) is 0. The molecule has 0 spiro atoms. The summed E-state index contributed by atoms with van der Waals surface area (Å²) in [6.07, 6.45) is 1.12. The van der Waals surface area contributed by atoms with Gasteiger partial charge in [0.05, 0.1) is 0 Å². The molecule has 1 saturated heterocycles. The van der Waals surface area contributed by atoms with E-state index in [2.05, 4.69) is 29.2 Å². The summed E-state index contributed by atoms with van der Waals surface area (Å²) in [5.74, 6) is 0. The molecule has 0 aromatic heterocycles. The van der Waals surface area contributed by atoms with Crippen molar-refractivity contribution in [2.75, 3.05) is 18.0 Å². The Morgan fingerprint density at radius 3 is 2.46 bits per heavy atom.